The van der Waals surface area contributed by atoms with Gasteiger partial charge in [-0.15, -0.1) is 11.3 Å². The molecule has 5 aromatic rings. The van der Waals surface area contributed by atoms with Crippen molar-refractivity contribution in [1.29, 1.82) is 0 Å². The van der Waals surface area contributed by atoms with E-state index in [9.17, 15) is 4.39 Å². The molecule has 1 N–H and O–H groups in total. The third-order valence-corrected chi connectivity index (χ3v) is 5.47. The van der Waals surface area contributed by atoms with Crippen LogP contribution < -0.4 is 5.43 Å². The maximum atomic E-state index is 13.9. The van der Waals surface area contributed by atoms with E-state index in [1.165, 1.54) is 18.6 Å². The molecule has 0 saturated heterocycles. The molecule has 0 spiro atoms. The first kappa shape index (κ1) is 18.2. The number of rotatable bonds is 5. The van der Waals surface area contributed by atoms with Crippen LogP contribution in [0.1, 0.15) is 5.76 Å². The maximum Gasteiger partial charge on any atom is 0.159 e. The lowest BCUT2D eigenvalue weighted by Gasteiger charge is -2.04. The second-order valence-corrected chi connectivity index (χ2v) is 7.33. The molecule has 2 aromatic carbocycles. The summed E-state index contributed by atoms with van der Waals surface area (Å²) in [7, 11) is 0. The van der Waals surface area contributed by atoms with Gasteiger partial charge in [-0.3, -0.25) is 5.43 Å². The number of halogens is 1. The van der Waals surface area contributed by atoms with Gasteiger partial charge in [0.25, 0.3) is 0 Å². The van der Waals surface area contributed by atoms with Crippen LogP contribution in [0, 0.1) is 5.82 Å². The van der Waals surface area contributed by atoms with Crippen LogP contribution in [0.4, 0.5) is 10.2 Å². The number of nitrogens with zero attached hydrogens (tertiary/aromatic N) is 3. The number of benzene rings is 2. The summed E-state index contributed by atoms with van der Waals surface area (Å²) in [6.45, 7) is 0. The van der Waals surface area contributed by atoms with Crippen molar-refractivity contribution in [2.75, 3.05) is 5.43 Å². The molecule has 5 nitrogen and oxygen atoms in total. The summed E-state index contributed by atoms with van der Waals surface area (Å²) in [5.41, 5.74) is 5.53. The van der Waals surface area contributed by atoms with Crippen molar-refractivity contribution in [2.24, 2.45) is 5.10 Å². The quantitative estimate of drug-likeness (QED) is 0.275. The highest BCUT2D eigenvalue weighted by molar-refractivity contribution is 7.17. The molecule has 0 unspecified atom stereocenters. The fourth-order valence-corrected chi connectivity index (χ4v) is 4.09. The van der Waals surface area contributed by atoms with E-state index in [-0.39, 0.29) is 5.82 Å². The molecule has 0 radical (unpaired) electrons. The van der Waals surface area contributed by atoms with E-state index in [0.29, 0.717) is 22.9 Å². The number of furan rings is 1. The van der Waals surface area contributed by atoms with Crippen molar-refractivity contribution in [3.8, 4) is 22.5 Å². The van der Waals surface area contributed by atoms with Crippen LogP contribution >= 0.6 is 11.3 Å². The Kier molecular flexibility index (Phi) is 4.78. The SMILES string of the molecule is Fc1ccccc1-c1ccc(/C=N/Nc2ncnc3scc(-c4ccccc4)c23)o1. The predicted octanol–water partition coefficient (Wildman–Crippen LogP) is 6.20. The number of nitrogens with one attached hydrogen (secondary N) is 1. The van der Waals surface area contributed by atoms with Crippen LogP contribution in [0.2, 0.25) is 0 Å². The highest BCUT2D eigenvalue weighted by atomic mass is 32.1. The van der Waals surface area contributed by atoms with Crippen LogP contribution in [0.5, 0.6) is 0 Å². The van der Waals surface area contributed by atoms with Crippen molar-refractivity contribution in [1.82, 2.24) is 9.97 Å². The van der Waals surface area contributed by atoms with E-state index in [0.717, 1.165) is 21.3 Å². The lowest BCUT2D eigenvalue weighted by Crippen LogP contribution is -1.95. The number of hydrogen-bond acceptors (Lipinski definition) is 6. The molecule has 3 aromatic heterocycles. The highest BCUT2D eigenvalue weighted by Gasteiger charge is 2.13. The van der Waals surface area contributed by atoms with E-state index >= 15 is 0 Å². The smallest absolute Gasteiger partial charge is 0.159 e. The lowest BCUT2D eigenvalue weighted by atomic mass is 10.1. The van der Waals surface area contributed by atoms with Crippen molar-refractivity contribution >= 4 is 33.6 Å². The Balaban J connectivity index is 1.42. The highest BCUT2D eigenvalue weighted by Crippen LogP contribution is 2.36. The van der Waals surface area contributed by atoms with Gasteiger partial charge in [0.05, 0.1) is 17.2 Å². The van der Waals surface area contributed by atoms with Crippen molar-refractivity contribution in [3.05, 3.63) is 90.0 Å². The van der Waals surface area contributed by atoms with E-state index in [2.05, 4.69) is 38.0 Å². The second-order valence-electron chi connectivity index (χ2n) is 6.47. The van der Waals surface area contributed by atoms with Gasteiger partial charge in [-0.1, -0.05) is 42.5 Å². The normalized spacial score (nSPS) is 11.4. The zero-order valence-corrected chi connectivity index (χ0v) is 16.4. The molecular formula is C23H15FN4OS. The zero-order chi connectivity index (χ0) is 20.3. The van der Waals surface area contributed by atoms with E-state index in [1.54, 1.807) is 41.7 Å². The van der Waals surface area contributed by atoms with E-state index in [4.69, 9.17) is 4.42 Å². The van der Waals surface area contributed by atoms with E-state index in [1.807, 2.05) is 18.2 Å². The van der Waals surface area contributed by atoms with Crippen molar-refractivity contribution < 1.29 is 8.81 Å². The molecule has 5 rings (SSSR count). The van der Waals surface area contributed by atoms with Crippen molar-refractivity contribution in [3.63, 3.8) is 0 Å². The van der Waals surface area contributed by atoms with Crippen LogP contribution in [-0.2, 0) is 0 Å². The van der Waals surface area contributed by atoms with Crippen LogP contribution in [-0.4, -0.2) is 16.2 Å². The van der Waals surface area contributed by atoms with Crippen LogP contribution in [0.15, 0.2) is 88.0 Å². The third-order valence-electron chi connectivity index (χ3n) is 4.58. The molecule has 146 valence electrons. The van der Waals surface area contributed by atoms with Gasteiger partial charge in [-0.05, 0) is 29.8 Å². The molecule has 0 amide bonds. The van der Waals surface area contributed by atoms with Crippen LogP contribution in [0.25, 0.3) is 32.7 Å². The molecule has 0 atom stereocenters. The fraction of sp³-hybridized carbons (Fsp3) is 0. The number of hydrazone groups is 1. The predicted molar refractivity (Wildman–Crippen MR) is 118 cm³/mol. The van der Waals surface area contributed by atoms with Gasteiger partial charge in [0.1, 0.15) is 28.5 Å². The van der Waals surface area contributed by atoms with Gasteiger partial charge in [0.15, 0.2) is 5.82 Å². The third kappa shape index (κ3) is 3.46. The summed E-state index contributed by atoms with van der Waals surface area (Å²) >= 11 is 1.56. The minimum Gasteiger partial charge on any atom is -0.455 e. The van der Waals surface area contributed by atoms with Gasteiger partial charge < -0.3 is 4.42 Å². The largest absolute Gasteiger partial charge is 0.455 e. The summed E-state index contributed by atoms with van der Waals surface area (Å²) in [6.07, 6.45) is 3.04. The average molecular weight is 414 g/mol. The Morgan fingerprint density at radius 1 is 0.933 bits per heavy atom. The molecule has 0 saturated carbocycles. The first-order valence-corrected chi connectivity index (χ1v) is 10.1. The molecule has 30 heavy (non-hydrogen) atoms. The number of aromatic nitrogens is 2. The standard InChI is InChI=1S/C23H15FN4OS/c24-19-9-5-4-8-17(19)20-11-10-16(29-20)12-27-28-22-21-18(15-6-2-1-3-7-15)13-30-23(21)26-14-25-22/h1-14H,(H,25,26,28)/b27-12+. The summed E-state index contributed by atoms with van der Waals surface area (Å²) < 4.78 is 19.6. The van der Waals surface area contributed by atoms with Gasteiger partial charge in [0.2, 0.25) is 0 Å². The monoisotopic (exact) mass is 414 g/mol. The molecule has 0 fully saturated rings. The van der Waals surface area contributed by atoms with Gasteiger partial charge in [0, 0.05) is 10.9 Å². The fourth-order valence-electron chi connectivity index (χ4n) is 3.18. The first-order valence-electron chi connectivity index (χ1n) is 9.21. The summed E-state index contributed by atoms with van der Waals surface area (Å²) in [6, 6.07) is 20.0. The molecule has 0 aliphatic carbocycles. The maximum absolute atomic E-state index is 13.9. The Labute approximate surface area is 175 Å². The molecular weight excluding hydrogens is 399 g/mol. The number of thiophene rings is 1. The number of hydrogen-bond donors (Lipinski definition) is 1. The Hall–Kier alpha value is -3.84. The zero-order valence-electron chi connectivity index (χ0n) is 15.6. The molecule has 0 aliphatic rings. The van der Waals surface area contributed by atoms with E-state index < -0.39 is 0 Å². The summed E-state index contributed by atoms with van der Waals surface area (Å²) in [5.74, 6) is 1.22. The minimum atomic E-state index is -0.331. The first-order chi connectivity index (χ1) is 14.8. The lowest BCUT2D eigenvalue weighted by molar-refractivity contribution is 0.563. The Morgan fingerprint density at radius 3 is 2.63 bits per heavy atom. The summed E-state index contributed by atoms with van der Waals surface area (Å²) in [4.78, 5) is 9.59. The number of fused-ring (bicyclic) bond motifs is 1. The minimum absolute atomic E-state index is 0.331. The number of anilines is 1. The van der Waals surface area contributed by atoms with Gasteiger partial charge >= 0.3 is 0 Å². The van der Waals surface area contributed by atoms with Crippen molar-refractivity contribution in [2.45, 2.75) is 0 Å². The molecule has 0 bridgehead atoms. The second kappa shape index (κ2) is 7.88. The molecule has 3 heterocycles. The van der Waals surface area contributed by atoms with Gasteiger partial charge in [-0.25, -0.2) is 14.4 Å². The Bertz CT molecular complexity index is 1340. The topological polar surface area (TPSA) is 63.3 Å². The Morgan fingerprint density at radius 2 is 1.77 bits per heavy atom. The van der Waals surface area contributed by atoms with Crippen LogP contribution in [0.3, 0.4) is 0 Å². The molecule has 7 heteroatoms. The molecule has 0 aliphatic heterocycles. The summed E-state index contributed by atoms with van der Waals surface area (Å²) in [5, 5.41) is 7.24. The van der Waals surface area contributed by atoms with Gasteiger partial charge in [-0.2, -0.15) is 5.10 Å². The average Bonchev–Trinajstić information content (AvgIpc) is 3.42.